The Morgan fingerprint density at radius 3 is 2.33 bits per heavy atom. The third kappa shape index (κ3) is 5.11. The first-order valence-electron chi connectivity index (χ1n) is 1.99. The summed E-state index contributed by atoms with van der Waals surface area (Å²) in [7, 11) is 0. The van der Waals surface area contributed by atoms with Gasteiger partial charge in [-0.2, -0.15) is 0 Å². The summed E-state index contributed by atoms with van der Waals surface area (Å²) in [4.78, 5) is 9.63. The van der Waals surface area contributed by atoms with Crippen LogP contribution in [0.25, 0.3) is 0 Å². The molecule has 0 saturated carbocycles. The molecule has 0 fully saturated rings. The quantitative estimate of drug-likeness (QED) is 0.512. The normalized spacial score (nSPS) is 8.33. The molecule has 0 rings (SSSR count). The molecule has 0 bridgehead atoms. The average molecular weight is 112 g/mol. The monoisotopic (exact) mass is 112 g/mol. The number of carbonyl (C=O) groups is 1. The third-order valence-electron chi connectivity index (χ3n) is 0.464. The van der Waals surface area contributed by atoms with E-state index >= 15 is 0 Å². The van der Waals surface area contributed by atoms with Gasteiger partial charge in [-0.1, -0.05) is 0 Å². The van der Waals surface area contributed by atoms with Gasteiger partial charge in [-0.25, -0.2) is 0 Å². The number of carboxylic acid groups (broad SMARTS) is 1. The molecule has 0 aromatic rings. The Balaban J connectivity index is 2.83. The molecule has 0 spiro atoms. The van der Waals surface area contributed by atoms with E-state index in [2.05, 4.69) is 0 Å². The zero-order chi connectivity index (χ0) is 4.99. The Labute approximate surface area is 70.5 Å². The predicted octanol–water partition coefficient (Wildman–Crippen LogP) is 0.0479. The molecule has 0 aliphatic rings. The van der Waals surface area contributed by atoms with E-state index < -0.39 is 5.97 Å². The number of rotatable bonds is 2. The second-order valence-electron chi connectivity index (χ2n) is 1.14. The Morgan fingerprint density at radius 2 is 2.33 bits per heavy atom. The van der Waals surface area contributed by atoms with Crippen molar-refractivity contribution in [2.45, 2.75) is 6.94 Å². The van der Waals surface area contributed by atoms with Gasteiger partial charge in [0.25, 0.3) is 0 Å². The zero-order valence-electron chi connectivity index (χ0n) is 3.77. The van der Waals surface area contributed by atoms with Crippen LogP contribution in [0.4, 0.5) is 0 Å². The second-order valence-corrected chi connectivity index (χ2v) is 2.71. The SMILES string of the molecule is O=C(O)C[CH2][K]. The molecule has 30 valence electrons. The summed E-state index contributed by atoms with van der Waals surface area (Å²) in [5.41, 5.74) is 0. The third-order valence-corrected chi connectivity index (χ3v) is 1.24. The molecule has 0 amide bonds. The van der Waals surface area contributed by atoms with Crippen molar-refractivity contribution in [2.75, 3.05) is 0 Å². The fraction of sp³-hybridized carbons (Fsp3) is 0.667. The molecule has 0 aromatic carbocycles. The standard InChI is InChI=1S/C3H5O2.K/c1-2-3(4)5;/h1-2H2,(H,4,5);. The first kappa shape index (κ1) is 7.11. The Hall–Kier alpha value is 1.11. The Kier molecular flexibility index (Phi) is 5.06. The summed E-state index contributed by atoms with van der Waals surface area (Å²) in [5.74, 6) is -0.664. The van der Waals surface area contributed by atoms with Gasteiger partial charge in [-0.3, -0.25) is 0 Å². The van der Waals surface area contributed by atoms with E-state index in [1.54, 1.807) is 0 Å². The van der Waals surface area contributed by atoms with Gasteiger partial charge in [0.15, 0.2) is 0 Å². The van der Waals surface area contributed by atoms with Gasteiger partial charge in [0.2, 0.25) is 0 Å². The zero-order valence-corrected chi connectivity index (χ0v) is 6.89. The van der Waals surface area contributed by atoms with Crippen LogP contribution in [0.2, 0.25) is 0.515 Å². The molecule has 0 atom stereocenters. The minimum atomic E-state index is -0.664. The van der Waals surface area contributed by atoms with Crippen LogP contribution >= 0.6 is 0 Å². The van der Waals surface area contributed by atoms with Crippen LogP contribution in [0.5, 0.6) is 0 Å². The number of aliphatic carboxylic acids is 1. The maximum absolute atomic E-state index is 9.63. The summed E-state index contributed by atoms with van der Waals surface area (Å²) < 4.78 is 0.919. The number of hydrogen-bond donors (Lipinski definition) is 1. The number of carboxylic acids is 1. The fourth-order valence-corrected chi connectivity index (χ4v) is 0.882. The van der Waals surface area contributed by atoms with E-state index in [0.29, 0.717) is 55.4 Å². The van der Waals surface area contributed by atoms with E-state index in [1.807, 2.05) is 0 Å². The van der Waals surface area contributed by atoms with Crippen molar-refractivity contribution in [1.82, 2.24) is 0 Å². The van der Waals surface area contributed by atoms with E-state index in [0.717, 1.165) is 0.515 Å². The Bertz CT molecular complexity index is 52.8. The molecule has 0 unspecified atom stereocenters. The molecule has 0 aliphatic heterocycles. The average Bonchev–Trinajstić information content (AvgIpc) is 1.35. The maximum atomic E-state index is 9.63. The molecule has 6 heavy (non-hydrogen) atoms. The van der Waals surface area contributed by atoms with Crippen molar-refractivity contribution in [1.29, 1.82) is 0 Å². The van der Waals surface area contributed by atoms with E-state index in [1.165, 1.54) is 0 Å². The predicted molar refractivity (Wildman–Crippen MR) is 22.8 cm³/mol. The molecule has 0 heterocycles. The van der Waals surface area contributed by atoms with Gasteiger partial charge in [0.05, 0.1) is 0 Å². The first-order chi connectivity index (χ1) is 2.77. The first-order valence-corrected chi connectivity index (χ1v) is 4.20. The van der Waals surface area contributed by atoms with Crippen molar-refractivity contribution in [3.8, 4) is 0 Å². The van der Waals surface area contributed by atoms with Crippen molar-refractivity contribution < 1.29 is 9.90 Å². The van der Waals surface area contributed by atoms with Gasteiger partial charge in [0, 0.05) is 0 Å². The molecule has 2 nitrogen and oxygen atoms in total. The molecule has 0 radical (unpaired) electrons. The molecule has 0 saturated heterocycles. The minimum absolute atomic E-state index is 0.375. The van der Waals surface area contributed by atoms with Crippen LogP contribution in [0.1, 0.15) is 6.42 Å². The molecular weight excluding hydrogens is 107 g/mol. The second kappa shape index (κ2) is 4.27. The van der Waals surface area contributed by atoms with Crippen molar-refractivity contribution in [3.05, 3.63) is 0 Å². The van der Waals surface area contributed by atoms with Gasteiger partial charge in [0.1, 0.15) is 0 Å². The van der Waals surface area contributed by atoms with Gasteiger partial charge >= 0.3 is 71.8 Å². The van der Waals surface area contributed by atoms with Crippen molar-refractivity contribution in [3.63, 3.8) is 0 Å². The van der Waals surface area contributed by atoms with E-state index in [-0.39, 0.29) is 0 Å². The van der Waals surface area contributed by atoms with Gasteiger partial charge in [-0.15, -0.1) is 0 Å². The van der Waals surface area contributed by atoms with Crippen molar-refractivity contribution in [2.24, 2.45) is 0 Å². The van der Waals surface area contributed by atoms with Crippen LogP contribution in [0, 0.1) is 0 Å². The van der Waals surface area contributed by atoms with Gasteiger partial charge in [-0.05, 0) is 0 Å². The van der Waals surface area contributed by atoms with Gasteiger partial charge < -0.3 is 0 Å². The fourth-order valence-electron chi connectivity index (χ4n) is 0.214. The summed E-state index contributed by atoms with van der Waals surface area (Å²) >= 11 is 0.714. The van der Waals surface area contributed by atoms with Crippen molar-refractivity contribution >= 4 is 54.9 Å². The Morgan fingerprint density at radius 1 is 1.83 bits per heavy atom. The van der Waals surface area contributed by atoms with Crippen LogP contribution < -0.4 is 0 Å². The van der Waals surface area contributed by atoms with E-state index in [9.17, 15) is 4.79 Å². The summed E-state index contributed by atoms with van der Waals surface area (Å²) in [6.45, 7) is 0. The molecule has 3 heteroatoms. The van der Waals surface area contributed by atoms with E-state index in [4.69, 9.17) is 5.11 Å². The van der Waals surface area contributed by atoms with Crippen LogP contribution in [0.15, 0.2) is 0 Å². The number of hydrogen-bond acceptors (Lipinski definition) is 1. The topological polar surface area (TPSA) is 37.3 Å². The summed E-state index contributed by atoms with van der Waals surface area (Å²) in [6, 6.07) is 0. The summed E-state index contributed by atoms with van der Waals surface area (Å²) in [5, 5.41) is 7.94. The molecular formula is C3H5KO2. The van der Waals surface area contributed by atoms with Crippen LogP contribution in [0.3, 0.4) is 0 Å². The van der Waals surface area contributed by atoms with Crippen LogP contribution in [-0.2, 0) is 4.79 Å². The van der Waals surface area contributed by atoms with Crippen LogP contribution in [-0.4, -0.2) is 60.0 Å². The molecule has 0 aliphatic carbocycles. The molecule has 1 N–H and O–H groups in total. The molecule has 0 aromatic heterocycles. The summed E-state index contributed by atoms with van der Waals surface area (Å²) in [6.07, 6.45) is 0.375.